The van der Waals surface area contributed by atoms with Gasteiger partial charge in [0.05, 0.1) is 6.54 Å². The first-order valence-electron chi connectivity index (χ1n) is 9.12. The van der Waals surface area contributed by atoms with Gasteiger partial charge in [-0.15, -0.1) is 0 Å². The molecule has 0 saturated carbocycles. The lowest BCUT2D eigenvalue weighted by Gasteiger charge is -2.32. The average Bonchev–Trinajstić information content (AvgIpc) is 2.63. The lowest BCUT2D eigenvalue weighted by Crippen LogP contribution is -2.42. The molecule has 0 spiro atoms. The molecule has 1 fully saturated rings. The van der Waals surface area contributed by atoms with E-state index in [4.69, 9.17) is 0 Å². The molecule has 1 aliphatic rings. The lowest BCUT2D eigenvalue weighted by atomic mass is 9.95. The van der Waals surface area contributed by atoms with E-state index >= 15 is 0 Å². The molecular formula is C21H26N2O2. The van der Waals surface area contributed by atoms with Crippen LogP contribution in [0.1, 0.15) is 47.7 Å². The van der Waals surface area contributed by atoms with Crippen LogP contribution in [0.25, 0.3) is 0 Å². The summed E-state index contributed by atoms with van der Waals surface area (Å²) in [6.07, 6.45) is 5.03. The number of pyridine rings is 1. The number of nitrogens with zero attached hydrogens (tertiary/aromatic N) is 2. The second-order valence-corrected chi connectivity index (χ2v) is 7.01. The number of aryl methyl sites for hydroxylation is 1. The number of rotatable bonds is 4. The summed E-state index contributed by atoms with van der Waals surface area (Å²) in [6, 6.07) is 11.6. The summed E-state index contributed by atoms with van der Waals surface area (Å²) < 4.78 is 1.63. The van der Waals surface area contributed by atoms with Gasteiger partial charge in [0.15, 0.2) is 0 Å². The Labute approximate surface area is 149 Å². The number of hydrogen-bond acceptors (Lipinski definition) is 2. The normalized spacial score (nSPS) is 17.5. The van der Waals surface area contributed by atoms with Gasteiger partial charge in [0, 0.05) is 19.3 Å². The maximum atomic E-state index is 12.9. The quantitative estimate of drug-likeness (QED) is 0.857. The minimum absolute atomic E-state index is 0.123. The van der Waals surface area contributed by atoms with Gasteiger partial charge in [-0.1, -0.05) is 43.2 Å². The monoisotopic (exact) mass is 338 g/mol. The highest BCUT2D eigenvalue weighted by Gasteiger charge is 2.25. The average molecular weight is 338 g/mol. The summed E-state index contributed by atoms with van der Waals surface area (Å²) in [7, 11) is 0. The van der Waals surface area contributed by atoms with Crippen LogP contribution < -0.4 is 5.56 Å². The maximum Gasteiger partial charge on any atom is 0.263 e. The minimum atomic E-state index is -0.201. The van der Waals surface area contributed by atoms with Gasteiger partial charge in [0.1, 0.15) is 5.56 Å². The summed E-state index contributed by atoms with van der Waals surface area (Å²) in [5.74, 6) is 0.428. The highest BCUT2D eigenvalue weighted by Crippen LogP contribution is 2.20. The third kappa shape index (κ3) is 4.01. The Kier molecular flexibility index (Phi) is 5.37. The second kappa shape index (κ2) is 7.68. The van der Waals surface area contributed by atoms with Crippen LogP contribution in [0, 0.1) is 12.8 Å². The van der Waals surface area contributed by atoms with Gasteiger partial charge in [-0.25, -0.2) is 0 Å². The number of benzene rings is 1. The topological polar surface area (TPSA) is 42.3 Å². The zero-order valence-electron chi connectivity index (χ0n) is 15.1. The zero-order chi connectivity index (χ0) is 17.8. The van der Waals surface area contributed by atoms with Crippen LogP contribution in [0.3, 0.4) is 0 Å². The second-order valence-electron chi connectivity index (χ2n) is 7.01. The van der Waals surface area contributed by atoms with E-state index < -0.39 is 0 Å². The van der Waals surface area contributed by atoms with Crippen molar-refractivity contribution >= 4 is 5.91 Å². The first kappa shape index (κ1) is 17.5. The number of carbonyl (C=O) groups excluding carboxylic acids is 1. The third-order valence-corrected chi connectivity index (χ3v) is 5.07. The van der Waals surface area contributed by atoms with Crippen LogP contribution in [-0.2, 0) is 6.54 Å². The van der Waals surface area contributed by atoms with Gasteiger partial charge in [-0.05, 0) is 43.4 Å². The third-order valence-electron chi connectivity index (χ3n) is 5.07. The first-order valence-corrected chi connectivity index (χ1v) is 9.12. The Morgan fingerprint density at radius 1 is 1.24 bits per heavy atom. The predicted octanol–water partition coefficient (Wildman–Crippen LogP) is 3.47. The van der Waals surface area contributed by atoms with E-state index in [1.807, 2.05) is 30.0 Å². The summed E-state index contributed by atoms with van der Waals surface area (Å²) in [6.45, 7) is 6.20. The van der Waals surface area contributed by atoms with Crippen molar-refractivity contribution in [3.63, 3.8) is 0 Å². The molecule has 0 radical (unpaired) electrons. The van der Waals surface area contributed by atoms with Crippen LogP contribution in [0.2, 0.25) is 0 Å². The van der Waals surface area contributed by atoms with E-state index in [9.17, 15) is 9.59 Å². The molecule has 2 heterocycles. The van der Waals surface area contributed by atoms with Crippen LogP contribution in [-0.4, -0.2) is 28.5 Å². The zero-order valence-corrected chi connectivity index (χ0v) is 15.1. The van der Waals surface area contributed by atoms with E-state index in [0.29, 0.717) is 12.5 Å². The van der Waals surface area contributed by atoms with E-state index in [2.05, 4.69) is 13.0 Å². The lowest BCUT2D eigenvalue weighted by molar-refractivity contribution is 0.0668. The molecule has 1 saturated heterocycles. The molecule has 1 aromatic carbocycles. The molecule has 25 heavy (non-hydrogen) atoms. The Morgan fingerprint density at radius 2 is 2.08 bits per heavy atom. The van der Waals surface area contributed by atoms with Crippen molar-refractivity contribution in [3.05, 3.63) is 69.6 Å². The molecule has 0 N–H and O–H groups in total. The molecule has 1 aromatic heterocycles. The van der Waals surface area contributed by atoms with Crippen molar-refractivity contribution in [1.29, 1.82) is 0 Å². The molecule has 2 aromatic rings. The molecule has 0 bridgehead atoms. The Hall–Kier alpha value is -2.36. The van der Waals surface area contributed by atoms with Crippen LogP contribution in [0.5, 0.6) is 0 Å². The van der Waals surface area contributed by atoms with E-state index in [1.54, 1.807) is 22.9 Å². The fourth-order valence-electron chi connectivity index (χ4n) is 3.58. The van der Waals surface area contributed by atoms with Gasteiger partial charge in [0.2, 0.25) is 0 Å². The largest absolute Gasteiger partial charge is 0.338 e. The SMILES string of the molecule is CCC1CCCN(C(=O)c2cccn(Cc3cccc(C)c3)c2=O)C1. The summed E-state index contributed by atoms with van der Waals surface area (Å²) in [5, 5.41) is 0. The van der Waals surface area contributed by atoms with Crippen molar-refractivity contribution in [2.75, 3.05) is 13.1 Å². The molecule has 4 nitrogen and oxygen atoms in total. The molecular weight excluding hydrogens is 312 g/mol. The number of aromatic nitrogens is 1. The van der Waals surface area contributed by atoms with E-state index in [0.717, 1.165) is 37.1 Å². The summed E-state index contributed by atoms with van der Waals surface area (Å²) in [5.41, 5.74) is 2.31. The van der Waals surface area contributed by atoms with Crippen molar-refractivity contribution in [2.45, 2.75) is 39.7 Å². The number of carbonyl (C=O) groups is 1. The van der Waals surface area contributed by atoms with Crippen molar-refractivity contribution < 1.29 is 4.79 Å². The maximum absolute atomic E-state index is 12.9. The Morgan fingerprint density at radius 3 is 2.84 bits per heavy atom. The molecule has 3 rings (SSSR count). The van der Waals surface area contributed by atoms with Crippen molar-refractivity contribution in [3.8, 4) is 0 Å². The first-order chi connectivity index (χ1) is 12.1. The van der Waals surface area contributed by atoms with Gasteiger partial charge in [-0.3, -0.25) is 9.59 Å². The fraction of sp³-hybridized carbons (Fsp3) is 0.429. The summed E-state index contributed by atoms with van der Waals surface area (Å²) >= 11 is 0. The van der Waals surface area contributed by atoms with Crippen molar-refractivity contribution in [2.24, 2.45) is 5.92 Å². The number of hydrogen-bond donors (Lipinski definition) is 0. The van der Waals surface area contributed by atoms with Crippen LogP contribution >= 0.6 is 0 Å². The number of amides is 1. The smallest absolute Gasteiger partial charge is 0.263 e. The van der Waals surface area contributed by atoms with Gasteiger partial charge >= 0.3 is 0 Å². The molecule has 1 atom stereocenters. The van der Waals surface area contributed by atoms with E-state index in [1.165, 1.54) is 6.42 Å². The highest BCUT2D eigenvalue weighted by atomic mass is 16.2. The standard InChI is InChI=1S/C21H26N2O2/c1-3-17-9-5-11-22(14-17)20(24)19-10-6-12-23(21(19)25)15-18-8-4-7-16(2)13-18/h4,6-8,10,12-13,17H,3,5,9,11,14-15H2,1-2H3. The van der Waals surface area contributed by atoms with Gasteiger partial charge < -0.3 is 9.47 Å². The summed E-state index contributed by atoms with van der Waals surface area (Å²) in [4.78, 5) is 27.5. The van der Waals surface area contributed by atoms with Gasteiger partial charge in [0.25, 0.3) is 11.5 Å². The predicted molar refractivity (Wildman–Crippen MR) is 99.9 cm³/mol. The Bertz CT molecular complexity index is 810. The molecule has 1 unspecified atom stereocenters. The molecule has 4 heteroatoms. The van der Waals surface area contributed by atoms with E-state index in [-0.39, 0.29) is 17.0 Å². The number of piperidine rings is 1. The van der Waals surface area contributed by atoms with Crippen LogP contribution in [0.4, 0.5) is 0 Å². The molecule has 1 aliphatic heterocycles. The minimum Gasteiger partial charge on any atom is -0.338 e. The highest BCUT2D eigenvalue weighted by molar-refractivity contribution is 5.93. The Balaban J connectivity index is 1.83. The molecule has 132 valence electrons. The number of likely N-dealkylation sites (tertiary alicyclic amines) is 1. The van der Waals surface area contributed by atoms with Crippen LogP contribution in [0.15, 0.2) is 47.4 Å². The fourth-order valence-corrected chi connectivity index (χ4v) is 3.58. The molecule has 0 aliphatic carbocycles. The van der Waals surface area contributed by atoms with Crippen molar-refractivity contribution in [1.82, 2.24) is 9.47 Å². The van der Waals surface area contributed by atoms with Gasteiger partial charge in [-0.2, -0.15) is 0 Å². The molecule has 1 amide bonds.